The Morgan fingerprint density at radius 2 is 2.00 bits per heavy atom. The number of anilines is 1. The lowest BCUT2D eigenvalue weighted by Crippen LogP contribution is -2.05. The van der Waals surface area contributed by atoms with Gasteiger partial charge in [-0.25, -0.2) is 4.39 Å². The second-order valence-electron chi connectivity index (χ2n) is 4.55. The maximum absolute atomic E-state index is 13.3. The van der Waals surface area contributed by atoms with Crippen LogP contribution in [0, 0.1) is 19.7 Å². The minimum Gasteiger partial charge on any atom is -0.399 e. The van der Waals surface area contributed by atoms with Gasteiger partial charge >= 0.3 is 0 Å². The van der Waals surface area contributed by atoms with Gasteiger partial charge in [-0.3, -0.25) is 4.68 Å². The van der Waals surface area contributed by atoms with Gasteiger partial charge in [-0.1, -0.05) is 6.92 Å². The third-order valence-electron chi connectivity index (χ3n) is 3.20. The van der Waals surface area contributed by atoms with E-state index in [1.54, 1.807) is 6.07 Å². The van der Waals surface area contributed by atoms with Gasteiger partial charge in [0.1, 0.15) is 5.82 Å². The highest BCUT2D eigenvalue weighted by Gasteiger charge is 2.10. The van der Waals surface area contributed by atoms with Crippen molar-refractivity contribution in [3.8, 4) is 0 Å². The van der Waals surface area contributed by atoms with E-state index in [9.17, 15) is 4.39 Å². The fourth-order valence-electron chi connectivity index (χ4n) is 2.34. The average molecular weight is 247 g/mol. The predicted octanol–water partition coefficient (Wildman–Crippen LogP) is 2.83. The van der Waals surface area contributed by atoms with E-state index in [0.29, 0.717) is 12.2 Å². The van der Waals surface area contributed by atoms with Crippen LogP contribution in [0.1, 0.15) is 29.4 Å². The molecule has 0 saturated heterocycles. The van der Waals surface area contributed by atoms with Gasteiger partial charge in [0.2, 0.25) is 0 Å². The zero-order chi connectivity index (χ0) is 13.3. The van der Waals surface area contributed by atoms with Crippen molar-refractivity contribution >= 4 is 5.69 Å². The van der Waals surface area contributed by atoms with E-state index in [-0.39, 0.29) is 5.82 Å². The van der Waals surface area contributed by atoms with Gasteiger partial charge in [-0.05, 0) is 49.6 Å². The SMILES string of the molecule is CCc1c(C)nn(Cc2cc(N)cc(F)c2)c1C. The van der Waals surface area contributed by atoms with Gasteiger partial charge in [0.15, 0.2) is 0 Å². The normalized spacial score (nSPS) is 10.9. The molecule has 2 rings (SSSR count). The van der Waals surface area contributed by atoms with Crippen LogP contribution in [-0.2, 0) is 13.0 Å². The van der Waals surface area contributed by atoms with Gasteiger partial charge in [-0.15, -0.1) is 0 Å². The number of nitrogens with zero attached hydrogens (tertiary/aromatic N) is 2. The Balaban J connectivity index is 2.34. The zero-order valence-electron chi connectivity index (χ0n) is 11.0. The Kier molecular flexibility index (Phi) is 3.36. The molecular weight excluding hydrogens is 229 g/mol. The molecule has 0 atom stereocenters. The number of halogens is 1. The first kappa shape index (κ1) is 12.6. The molecule has 4 heteroatoms. The third-order valence-corrected chi connectivity index (χ3v) is 3.20. The van der Waals surface area contributed by atoms with Crippen LogP contribution in [0.25, 0.3) is 0 Å². The quantitative estimate of drug-likeness (QED) is 0.847. The van der Waals surface area contributed by atoms with E-state index in [4.69, 9.17) is 5.73 Å². The van der Waals surface area contributed by atoms with Crippen LogP contribution in [0.2, 0.25) is 0 Å². The van der Waals surface area contributed by atoms with Crippen LogP contribution in [0.5, 0.6) is 0 Å². The molecule has 0 fully saturated rings. The molecule has 1 aromatic heterocycles. The number of aryl methyl sites for hydroxylation is 1. The van der Waals surface area contributed by atoms with Crippen LogP contribution < -0.4 is 5.73 Å². The number of nitrogen functional groups attached to an aromatic ring is 1. The Labute approximate surface area is 106 Å². The van der Waals surface area contributed by atoms with Crippen molar-refractivity contribution in [2.75, 3.05) is 5.73 Å². The van der Waals surface area contributed by atoms with Gasteiger partial charge in [-0.2, -0.15) is 5.10 Å². The molecule has 18 heavy (non-hydrogen) atoms. The molecule has 0 radical (unpaired) electrons. The van der Waals surface area contributed by atoms with Crippen molar-refractivity contribution in [2.24, 2.45) is 0 Å². The molecule has 3 nitrogen and oxygen atoms in total. The molecule has 0 saturated carbocycles. The van der Waals surface area contributed by atoms with E-state index in [1.165, 1.54) is 17.7 Å². The lowest BCUT2D eigenvalue weighted by molar-refractivity contribution is 0.616. The van der Waals surface area contributed by atoms with Crippen molar-refractivity contribution in [1.82, 2.24) is 9.78 Å². The molecule has 0 bridgehead atoms. The molecule has 0 amide bonds. The summed E-state index contributed by atoms with van der Waals surface area (Å²) in [5, 5.41) is 4.49. The van der Waals surface area contributed by atoms with Gasteiger partial charge in [0.05, 0.1) is 12.2 Å². The Bertz CT molecular complexity index is 552. The maximum Gasteiger partial charge on any atom is 0.125 e. The number of hydrogen-bond donors (Lipinski definition) is 1. The van der Waals surface area contributed by atoms with Crippen LogP contribution in [0.15, 0.2) is 18.2 Å². The van der Waals surface area contributed by atoms with Crippen molar-refractivity contribution in [2.45, 2.75) is 33.7 Å². The number of aromatic nitrogens is 2. The first-order valence-corrected chi connectivity index (χ1v) is 6.09. The fourth-order valence-corrected chi connectivity index (χ4v) is 2.34. The summed E-state index contributed by atoms with van der Waals surface area (Å²) in [6.07, 6.45) is 0.961. The molecule has 0 spiro atoms. The van der Waals surface area contributed by atoms with Crippen LogP contribution >= 0.6 is 0 Å². The van der Waals surface area contributed by atoms with Crippen molar-refractivity contribution in [1.29, 1.82) is 0 Å². The van der Waals surface area contributed by atoms with Gasteiger partial charge in [0, 0.05) is 11.4 Å². The highest BCUT2D eigenvalue weighted by Crippen LogP contribution is 2.17. The first-order chi connectivity index (χ1) is 8.51. The topological polar surface area (TPSA) is 43.8 Å². The first-order valence-electron chi connectivity index (χ1n) is 6.09. The van der Waals surface area contributed by atoms with Gasteiger partial charge in [0.25, 0.3) is 0 Å². The number of benzene rings is 1. The largest absolute Gasteiger partial charge is 0.399 e. The van der Waals surface area contributed by atoms with E-state index >= 15 is 0 Å². The minimum absolute atomic E-state index is 0.303. The maximum atomic E-state index is 13.3. The Morgan fingerprint density at radius 3 is 2.56 bits per heavy atom. The molecule has 0 aliphatic carbocycles. The van der Waals surface area contributed by atoms with E-state index in [1.807, 2.05) is 18.5 Å². The van der Waals surface area contributed by atoms with E-state index in [0.717, 1.165) is 23.4 Å². The second kappa shape index (κ2) is 4.80. The monoisotopic (exact) mass is 247 g/mol. The third kappa shape index (κ3) is 2.37. The van der Waals surface area contributed by atoms with Crippen LogP contribution in [-0.4, -0.2) is 9.78 Å². The summed E-state index contributed by atoms with van der Waals surface area (Å²) in [7, 11) is 0. The number of rotatable bonds is 3. The van der Waals surface area contributed by atoms with Crippen LogP contribution in [0.3, 0.4) is 0 Å². The fraction of sp³-hybridized carbons (Fsp3) is 0.357. The standard InChI is InChI=1S/C14H18FN3/c1-4-14-9(2)17-18(10(14)3)8-11-5-12(15)7-13(16)6-11/h5-7H,4,8,16H2,1-3H3. The van der Waals surface area contributed by atoms with Crippen molar-refractivity contribution < 1.29 is 4.39 Å². The molecule has 0 unspecified atom stereocenters. The average Bonchev–Trinajstić information content (AvgIpc) is 2.52. The Hall–Kier alpha value is -1.84. The lowest BCUT2D eigenvalue weighted by Gasteiger charge is -2.06. The molecule has 0 aliphatic heterocycles. The van der Waals surface area contributed by atoms with E-state index in [2.05, 4.69) is 12.0 Å². The highest BCUT2D eigenvalue weighted by atomic mass is 19.1. The summed E-state index contributed by atoms with van der Waals surface area (Å²) in [5.41, 5.74) is 10.4. The molecule has 1 aromatic carbocycles. The van der Waals surface area contributed by atoms with Crippen molar-refractivity contribution in [3.63, 3.8) is 0 Å². The summed E-state index contributed by atoms with van der Waals surface area (Å²) in [5.74, 6) is -0.303. The smallest absolute Gasteiger partial charge is 0.125 e. The van der Waals surface area contributed by atoms with E-state index < -0.39 is 0 Å². The minimum atomic E-state index is -0.303. The zero-order valence-corrected chi connectivity index (χ0v) is 11.0. The molecule has 0 aliphatic rings. The number of nitrogens with two attached hydrogens (primary N) is 1. The molecule has 1 heterocycles. The summed E-state index contributed by atoms with van der Waals surface area (Å²) in [6.45, 7) is 6.71. The molecular formula is C14H18FN3. The molecule has 2 aromatic rings. The second-order valence-corrected chi connectivity index (χ2v) is 4.55. The van der Waals surface area contributed by atoms with Crippen LogP contribution in [0.4, 0.5) is 10.1 Å². The molecule has 96 valence electrons. The predicted molar refractivity (Wildman–Crippen MR) is 71.0 cm³/mol. The summed E-state index contributed by atoms with van der Waals surface area (Å²) in [4.78, 5) is 0. The highest BCUT2D eigenvalue weighted by molar-refractivity contribution is 5.41. The summed E-state index contributed by atoms with van der Waals surface area (Å²) < 4.78 is 15.2. The lowest BCUT2D eigenvalue weighted by atomic mass is 10.1. The molecule has 2 N–H and O–H groups in total. The summed E-state index contributed by atoms with van der Waals surface area (Å²) in [6, 6.07) is 4.60. The Morgan fingerprint density at radius 1 is 1.28 bits per heavy atom. The van der Waals surface area contributed by atoms with Gasteiger partial charge < -0.3 is 5.73 Å². The summed E-state index contributed by atoms with van der Waals surface area (Å²) >= 11 is 0. The number of hydrogen-bond acceptors (Lipinski definition) is 2. The van der Waals surface area contributed by atoms with Crippen molar-refractivity contribution in [3.05, 3.63) is 46.5 Å².